The summed E-state index contributed by atoms with van der Waals surface area (Å²) in [6.07, 6.45) is -3.17. The van der Waals surface area contributed by atoms with E-state index in [1.54, 1.807) is 31.4 Å². The largest absolute Gasteiger partial charge is 0.495 e. The molecule has 2 heterocycles. The number of fused-ring (bicyclic) bond motifs is 1. The van der Waals surface area contributed by atoms with Gasteiger partial charge in [0.25, 0.3) is 0 Å². The van der Waals surface area contributed by atoms with Crippen molar-refractivity contribution in [2.24, 2.45) is 0 Å². The van der Waals surface area contributed by atoms with Crippen molar-refractivity contribution in [3.63, 3.8) is 0 Å². The Labute approximate surface area is 249 Å². The number of nitrogens with one attached hydrogen (secondary N) is 2. The van der Waals surface area contributed by atoms with Crippen LogP contribution >= 0.6 is 0 Å². The van der Waals surface area contributed by atoms with Gasteiger partial charge in [0.2, 0.25) is 0 Å². The molecular formula is C30H36F4N4O4S. The molecular weight excluding hydrogens is 588 g/mol. The first kappa shape index (κ1) is 32.4. The second-order valence-electron chi connectivity index (χ2n) is 10.5. The smallest absolute Gasteiger partial charge is 0.406 e. The minimum absolute atomic E-state index is 0.0553. The number of likely N-dealkylation sites (tertiary alicyclic amines) is 1. The SMILES string of the molecule is COCCCN1CC[C@H](Nc2cccc3c2cc(C#CCNc2ccc(S(C)(=O)=O)cc2OC)n3CC(F)(F)F)[C@H](F)C1. The van der Waals surface area contributed by atoms with E-state index in [0.717, 1.165) is 23.8 Å². The van der Waals surface area contributed by atoms with E-state index in [2.05, 4.69) is 27.4 Å². The normalized spacial score (nSPS) is 17.8. The van der Waals surface area contributed by atoms with Gasteiger partial charge in [-0.3, -0.25) is 0 Å². The number of ether oxygens (including phenoxy) is 2. The number of alkyl halides is 4. The van der Waals surface area contributed by atoms with E-state index in [4.69, 9.17) is 9.47 Å². The maximum Gasteiger partial charge on any atom is 0.406 e. The molecule has 0 amide bonds. The first-order valence-corrected chi connectivity index (χ1v) is 15.7. The first-order chi connectivity index (χ1) is 20.4. The van der Waals surface area contributed by atoms with Crippen molar-refractivity contribution < 1.29 is 35.5 Å². The number of hydrogen-bond donors (Lipinski definition) is 2. The number of methoxy groups -OCH3 is 2. The van der Waals surface area contributed by atoms with Gasteiger partial charge < -0.3 is 29.6 Å². The lowest BCUT2D eigenvalue weighted by atomic mass is 10.0. The van der Waals surface area contributed by atoms with E-state index in [-0.39, 0.29) is 23.7 Å². The van der Waals surface area contributed by atoms with E-state index in [1.165, 1.54) is 25.3 Å². The Kier molecular flexibility index (Phi) is 10.5. The van der Waals surface area contributed by atoms with Crippen molar-refractivity contribution in [1.29, 1.82) is 0 Å². The molecule has 1 aliphatic heterocycles. The number of aromatic nitrogens is 1. The van der Waals surface area contributed by atoms with Crippen molar-refractivity contribution >= 4 is 32.1 Å². The number of piperidine rings is 1. The Morgan fingerprint density at radius 2 is 1.91 bits per heavy atom. The van der Waals surface area contributed by atoms with Crippen LogP contribution in [0.3, 0.4) is 0 Å². The lowest BCUT2D eigenvalue weighted by Crippen LogP contribution is -2.48. The molecule has 4 rings (SSSR count). The number of anilines is 2. The average molecular weight is 625 g/mol. The molecule has 1 saturated heterocycles. The topological polar surface area (TPSA) is 84.8 Å². The molecule has 2 N–H and O–H groups in total. The maximum absolute atomic E-state index is 15.1. The van der Waals surface area contributed by atoms with Crippen LogP contribution in [-0.2, 0) is 21.1 Å². The van der Waals surface area contributed by atoms with Gasteiger partial charge in [-0.15, -0.1) is 0 Å². The molecule has 1 aromatic heterocycles. The molecule has 234 valence electrons. The minimum atomic E-state index is -4.49. The molecule has 0 saturated carbocycles. The monoisotopic (exact) mass is 624 g/mol. The number of sulfone groups is 1. The standard InChI is InChI=1S/C30H36F4N4O4S/c1-41-16-6-14-37-15-12-26(24(31)19-37)36-25-8-4-9-28-23(25)17-21(38(28)20-30(32,33)34)7-5-13-35-27-11-10-22(43(3,39)40)18-29(27)42-2/h4,8-11,17-18,24,26,35-36H,6,12-16,19-20H2,1-3H3/t24-,26+/m1/s1. The van der Waals surface area contributed by atoms with Crippen LogP contribution in [0.5, 0.6) is 5.75 Å². The number of benzene rings is 2. The summed E-state index contributed by atoms with van der Waals surface area (Å²) in [5.41, 5.74) is 1.53. The number of nitrogens with zero attached hydrogens (tertiary/aromatic N) is 2. The molecule has 1 aliphatic rings. The Morgan fingerprint density at radius 3 is 2.58 bits per heavy atom. The number of halogens is 4. The summed E-state index contributed by atoms with van der Waals surface area (Å²) in [5.74, 6) is 5.97. The van der Waals surface area contributed by atoms with Crippen LogP contribution in [0.15, 0.2) is 47.4 Å². The molecule has 43 heavy (non-hydrogen) atoms. The molecule has 0 spiro atoms. The fraction of sp³-hybridized carbons (Fsp3) is 0.467. The van der Waals surface area contributed by atoms with Crippen LogP contribution in [-0.4, -0.2) is 89.5 Å². The lowest BCUT2D eigenvalue weighted by molar-refractivity contribution is -0.140. The van der Waals surface area contributed by atoms with Crippen LogP contribution in [0.1, 0.15) is 18.5 Å². The zero-order valence-electron chi connectivity index (χ0n) is 24.3. The Hall–Kier alpha value is -3.47. The maximum atomic E-state index is 15.1. The van der Waals surface area contributed by atoms with E-state index >= 15 is 4.39 Å². The summed E-state index contributed by atoms with van der Waals surface area (Å²) in [6, 6.07) is 10.4. The average Bonchev–Trinajstić information content (AvgIpc) is 3.28. The number of rotatable bonds is 11. The third-order valence-corrected chi connectivity index (χ3v) is 8.37. The minimum Gasteiger partial charge on any atom is -0.495 e. The van der Waals surface area contributed by atoms with Crippen molar-refractivity contribution in [2.45, 2.75) is 42.7 Å². The van der Waals surface area contributed by atoms with Gasteiger partial charge in [-0.25, -0.2) is 12.8 Å². The molecule has 0 radical (unpaired) electrons. The first-order valence-electron chi connectivity index (χ1n) is 13.8. The molecule has 0 unspecified atom stereocenters. The summed E-state index contributed by atoms with van der Waals surface area (Å²) >= 11 is 0. The molecule has 1 fully saturated rings. The third-order valence-electron chi connectivity index (χ3n) is 7.26. The summed E-state index contributed by atoms with van der Waals surface area (Å²) < 4.78 is 91.0. The molecule has 0 aliphatic carbocycles. The van der Waals surface area contributed by atoms with E-state index < -0.39 is 34.8 Å². The molecule has 2 aromatic carbocycles. The highest BCUT2D eigenvalue weighted by atomic mass is 32.2. The number of hydrogen-bond acceptors (Lipinski definition) is 7. The fourth-order valence-corrected chi connectivity index (χ4v) is 5.79. The van der Waals surface area contributed by atoms with Gasteiger partial charge in [0.1, 0.15) is 18.5 Å². The summed E-state index contributed by atoms with van der Waals surface area (Å²) in [5, 5.41) is 6.78. The Morgan fingerprint density at radius 1 is 1.12 bits per heavy atom. The van der Waals surface area contributed by atoms with Gasteiger partial charge in [0, 0.05) is 56.7 Å². The van der Waals surface area contributed by atoms with Gasteiger partial charge in [0.15, 0.2) is 9.84 Å². The van der Waals surface area contributed by atoms with Crippen LogP contribution < -0.4 is 15.4 Å². The van der Waals surface area contributed by atoms with E-state index in [1.807, 2.05) is 0 Å². The van der Waals surface area contributed by atoms with Crippen molar-refractivity contribution in [1.82, 2.24) is 9.47 Å². The lowest BCUT2D eigenvalue weighted by Gasteiger charge is -2.35. The van der Waals surface area contributed by atoms with Gasteiger partial charge in [0.05, 0.1) is 41.5 Å². The van der Waals surface area contributed by atoms with Crippen LogP contribution in [0, 0.1) is 11.8 Å². The molecule has 13 heteroatoms. The summed E-state index contributed by atoms with van der Waals surface area (Å²) in [4.78, 5) is 2.15. The van der Waals surface area contributed by atoms with Gasteiger partial charge >= 0.3 is 6.18 Å². The Balaban J connectivity index is 1.54. The van der Waals surface area contributed by atoms with Crippen LogP contribution in [0.4, 0.5) is 28.9 Å². The zero-order valence-corrected chi connectivity index (χ0v) is 25.1. The van der Waals surface area contributed by atoms with Crippen LogP contribution in [0.2, 0.25) is 0 Å². The predicted octanol–water partition coefficient (Wildman–Crippen LogP) is 4.94. The van der Waals surface area contributed by atoms with Crippen molar-refractivity contribution in [3.05, 3.63) is 48.2 Å². The highest BCUT2D eigenvalue weighted by Gasteiger charge is 2.31. The van der Waals surface area contributed by atoms with Gasteiger partial charge in [-0.2, -0.15) is 13.2 Å². The van der Waals surface area contributed by atoms with Gasteiger partial charge in [-0.1, -0.05) is 12.0 Å². The van der Waals surface area contributed by atoms with E-state index in [9.17, 15) is 21.6 Å². The van der Waals surface area contributed by atoms with Gasteiger partial charge in [-0.05, 0) is 49.1 Å². The molecule has 3 aromatic rings. The highest BCUT2D eigenvalue weighted by Crippen LogP contribution is 2.32. The third kappa shape index (κ3) is 8.55. The zero-order chi connectivity index (χ0) is 31.2. The summed E-state index contributed by atoms with van der Waals surface area (Å²) in [6.45, 7) is 1.16. The van der Waals surface area contributed by atoms with E-state index in [0.29, 0.717) is 47.6 Å². The second kappa shape index (κ2) is 13.9. The highest BCUT2D eigenvalue weighted by molar-refractivity contribution is 7.90. The predicted molar refractivity (Wildman–Crippen MR) is 159 cm³/mol. The second-order valence-corrected chi connectivity index (χ2v) is 12.5. The Bertz CT molecular complexity index is 1580. The summed E-state index contributed by atoms with van der Waals surface area (Å²) in [7, 11) is -0.401. The fourth-order valence-electron chi connectivity index (χ4n) is 5.15. The molecule has 2 atom stereocenters. The van der Waals surface area contributed by atoms with Crippen molar-refractivity contribution in [2.75, 3.05) is 63.9 Å². The van der Waals surface area contributed by atoms with Crippen LogP contribution in [0.25, 0.3) is 10.9 Å². The molecule has 8 nitrogen and oxygen atoms in total. The quantitative estimate of drug-likeness (QED) is 0.178. The molecule has 0 bridgehead atoms. The van der Waals surface area contributed by atoms with Crippen molar-refractivity contribution in [3.8, 4) is 17.6 Å².